The Morgan fingerprint density at radius 2 is 1.60 bits per heavy atom. The number of methoxy groups -OCH3 is 1. The molecular formula is C15H13NO4. The number of carbonyl (C=O) groups excluding carboxylic acids is 1. The van der Waals surface area contributed by atoms with Gasteiger partial charge in [-0.2, -0.15) is 0 Å². The average molecular weight is 271 g/mol. The van der Waals surface area contributed by atoms with E-state index in [2.05, 4.69) is 5.32 Å². The van der Waals surface area contributed by atoms with E-state index in [0.29, 0.717) is 17.0 Å². The Balaban J connectivity index is 2.17. The molecule has 20 heavy (non-hydrogen) atoms. The second-order valence-electron chi connectivity index (χ2n) is 4.04. The lowest BCUT2D eigenvalue weighted by Crippen LogP contribution is -2.12. The monoisotopic (exact) mass is 271 g/mol. The summed E-state index contributed by atoms with van der Waals surface area (Å²) in [6.07, 6.45) is 0. The summed E-state index contributed by atoms with van der Waals surface area (Å²) >= 11 is 0. The van der Waals surface area contributed by atoms with Crippen molar-refractivity contribution in [3.8, 4) is 5.75 Å². The van der Waals surface area contributed by atoms with E-state index in [4.69, 9.17) is 9.84 Å². The summed E-state index contributed by atoms with van der Waals surface area (Å²) in [4.78, 5) is 22.8. The van der Waals surface area contributed by atoms with Gasteiger partial charge >= 0.3 is 5.97 Å². The van der Waals surface area contributed by atoms with Gasteiger partial charge in [0, 0.05) is 5.56 Å². The quantitative estimate of drug-likeness (QED) is 0.896. The molecule has 0 aliphatic carbocycles. The topological polar surface area (TPSA) is 75.6 Å². The molecule has 1 amide bonds. The maximum Gasteiger partial charge on any atom is 0.335 e. The zero-order chi connectivity index (χ0) is 14.5. The first-order valence-electron chi connectivity index (χ1n) is 5.89. The third-order valence-corrected chi connectivity index (χ3v) is 2.75. The molecule has 0 atom stereocenters. The van der Waals surface area contributed by atoms with Crippen LogP contribution in [0.15, 0.2) is 48.5 Å². The molecule has 0 aliphatic heterocycles. The number of rotatable bonds is 4. The fraction of sp³-hybridized carbons (Fsp3) is 0.0667. The highest BCUT2D eigenvalue weighted by atomic mass is 16.5. The van der Waals surface area contributed by atoms with Crippen molar-refractivity contribution in [3.63, 3.8) is 0 Å². The molecule has 5 nitrogen and oxygen atoms in total. The molecular weight excluding hydrogens is 258 g/mol. The van der Waals surface area contributed by atoms with E-state index >= 15 is 0 Å². The second kappa shape index (κ2) is 5.88. The lowest BCUT2D eigenvalue weighted by atomic mass is 10.1. The van der Waals surface area contributed by atoms with E-state index in [1.54, 1.807) is 24.3 Å². The lowest BCUT2D eigenvalue weighted by Gasteiger charge is -2.09. The molecule has 0 saturated carbocycles. The molecule has 0 unspecified atom stereocenters. The minimum Gasteiger partial charge on any atom is -0.495 e. The van der Waals surface area contributed by atoms with Crippen LogP contribution in [-0.2, 0) is 0 Å². The summed E-state index contributed by atoms with van der Waals surface area (Å²) in [5.41, 5.74) is 1.07. The van der Waals surface area contributed by atoms with E-state index in [0.717, 1.165) is 0 Å². The normalized spacial score (nSPS) is 9.85. The van der Waals surface area contributed by atoms with Gasteiger partial charge in [0.2, 0.25) is 0 Å². The van der Waals surface area contributed by atoms with E-state index in [1.165, 1.54) is 31.4 Å². The van der Waals surface area contributed by atoms with Gasteiger partial charge in [-0.25, -0.2) is 4.79 Å². The summed E-state index contributed by atoms with van der Waals surface area (Å²) in [6, 6.07) is 12.8. The van der Waals surface area contributed by atoms with Gasteiger partial charge in [0.05, 0.1) is 18.4 Å². The first-order valence-corrected chi connectivity index (χ1v) is 5.89. The highest BCUT2D eigenvalue weighted by Crippen LogP contribution is 2.23. The van der Waals surface area contributed by atoms with Crippen molar-refractivity contribution >= 4 is 17.6 Å². The van der Waals surface area contributed by atoms with Gasteiger partial charge in [-0.05, 0) is 36.4 Å². The molecule has 0 aliphatic rings. The zero-order valence-corrected chi connectivity index (χ0v) is 10.8. The van der Waals surface area contributed by atoms with Crippen LogP contribution in [0.25, 0.3) is 0 Å². The Kier molecular flexibility index (Phi) is 4.00. The van der Waals surface area contributed by atoms with Crippen LogP contribution < -0.4 is 10.1 Å². The SMILES string of the molecule is COc1ccccc1NC(=O)c1ccc(C(=O)O)cc1. The fourth-order valence-corrected chi connectivity index (χ4v) is 1.71. The van der Waals surface area contributed by atoms with Crippen molar-refractivity contribution in [1.29, 1.82) is 0 Å². The summed E-state index contributed by atoms with van der Waals surface area (Å²) in [7, 11) is 1.52. The molecule has 0 aromatic heterocycles. The van der Waals surface area contributed by atoms with Crippen LogP contribution >= 0.6 is 0 Å². The highest BCUT2D eigenvalue weighted by molar-refractivity contribution is 6.05. The summed E-state index contributed by atoms with van der Waals surface area (Å²) in [6.45, 7) is 0. The Hall–Kier alpha value is -2.82. The van der Waals surface area contributed by atoms with Gasteiger partial charge < -0.3 is 15.2 Å². The molecule has 2 aromatic rings. The predicted octanol–water partition coefficient (Wildman–Crippen LogP) is 2.65. The number of benzene rings is 2. The summed E-state index contributed by atoms with van der Waals surface area (Å²) in [5.74, 6) is -0.795. The number of carboxylic acid groups (broad SMARTS) is 1. The number of aromatic carboxylic acids is 1. The van der Waals surface area contributed by atoms with E-state index in [-0.39, 0.29) is 11.5 Å². The predicted molar refractivity (Wildman–Crippen MR) is 74.3 cm³/mol. The largest absolute Gasteiger partial charge is 0.495 e. The Labute approximate surface area is 115 Å². The van der Waals surface area contributed by atoms with Crippen LogP contribution in [0.3, 0.4) is 0 Å². The van der Waals surface area contributed by atoms with Crippen molar-refractivity contribution < 1.29 is 19.4 Å². The van der Waals surface area contributed by atoms with E-state index < -0.39 is 5.97 Å². The Morgan fingerprint density at radius 1 is 1.00 bits per heavy atom. The maximum absolute atomic E-state index is 12.0. The van der Waals surface area contributed by atoms with Gasteiger partial charge in [0.1, 0.15) is 5.75 Å². The second-order valence-corrected chi connectivity index (χ2v) is 4.04. The number of carboxylic acids is 1. The van der Waals surface area contributed by atoms with Crippen LogP contribution in [0.1, 0.15) is 20.7 Å². The van der Waals surface area contributed by atoms with Crippen LogP contribution in [0, 0.1) is 0 Å². The van der Waals surface area contributed by atoms with Gasteiger partial charge in [-0.15, -0.1) is 0 Å². The van der Waals surface area contributed by atoms with E-state index in [1.807, 2.05) is 0 Å². The van der Waals surface area contributed by atoms with Crippen molar-refractivity contribution in [2.75, 3.05) is 12.4 Å². The highest BCUT2D eigenvalue weighted by Gasteiger charge is 2.10. The average Bonchev–Trinajstić information content (AvgIpc) is 2.48. The summed E-state index contributed by atoms with van der Waals surface area (Å²) in [5, 5.41) is 11.5. The molecule has 2 aromatic carbocycles. The lowest BCUT2D eigenvalue weighted by molar-refractivity contribution is 0.0696. The van der Waals surface area contributed by atoms with Gasteiger partial charge in [-0.3, -0.25) is 4.79 Å². The number of hydrogen-bond donors (Lipinski definition) is 2. The van der Waals surface area contributed by atoms with Gasteiger partial charge in [0.15, 0.2) is 0 Å². The number of nitrogens with one attached hydrogen (secondary N) is 1. The first kappa shape index (κ1) is 13.6. The Bertz CT molecular complexity index is 635. The number of amides is 1. The number of hydrogen-bond acceptors (Lipinski definition) is 3. The molecule has 0 saturated heterocycles. The number of carbonyl (C=O) groups is 2. The number of para-hydroxylation sites is 2. The third-order valence-electron chi connectivity index (χ3n) is 2.75. The van der Waals surface area contributed by atoms with Crippen LogP contribution in [0.5, 0.6) is 5.75 Å². The molecule has 2 rings (SSSR count). The van der Waals surface area contributed by atoms with Crippen LogP contribution in [0.2, 0.25) is 0 Å². The van der Waals surface area contributed by atoms with Crippen molar-refractivity contribution in [1.82, 2.24) is 0 Å². The number of ether oxygens (including phenoxy) is 1. The van der Waals surface area contributed by atoms with Crippen LogP contribution in [-0.4, -0.2) is 24.1 Å². The molecule has 102 valence electrons. The molecule has 0 radical (unpaired) electrons. The van der Waals surface area contributed by atoms with E-state index in [9.17, 15) is 9.59 Å². The molecule has 2 N–H and O–H groups in total. The Morgan fingerprint density at radius 3 is 2.20 bits per heavy atom. The molecule has 0 heterocycles. The molecule has 0 bridgehead atoms. The molecule has 0 spiro atoms. The van der Waals surface area contributed by atoms with Crippen molar-refractivity contribution in [2.45, 2.75) is 0 Å². The smallest absolute Gasteiger partial charge is 0.335 e. The van der Waals surface area contributed by atoms with Crippen molar-refractivity contribution in [2.24, 2.45) is 0 Å². The minimum absolute atomic E-state index is 0.138. The maximum atomic E-state index is 12.0. The van der Waals surface area contributed by atoms with Gasteiger partial charge in [-0.1, -0.05) is 12.1 Å². The van der Waals surface area contributed by atoms with Gasteiger partial charge in [0.25, 0.3) is 5.91 Å². The third kappa shape index (κ3) is 2.95. The molecule has 5 heteroatoms. The minimum atomic E-state index is -1.03. The number of anilines is 1. The fourth-order valence-electron chi connectivity index (χ4n) is 1.71. The molecule has 0 fully saturated rings. The zero-order valence-electron chi connectivity index (χ0n) is 10.8. The van der Waals surface area contributed by atoms with Crippen molar-refractivity contribution in [3.05, 3.63) is 59.7 Å². The first-order chi connectivity index (χ1) is 9.61. The standard InChI is InChI=1S/C15H13NO4/c1-20-13-5-3-2-4-12(13)16-14(17)10-6-8-11(9-7-10)15(18)19/h2-9H,1H3,(H,16,17)(H,18,19). The van der Waals surface area contributed by atoms with Crippen LogP contribution in [0.4, 0.5) is 5.69 Å². The summed E-state index contributed by atoms with van der Waals surface area (Å²) < 4.78 is 5.14.